The van der Waals surface area contributed by atoms with Gasteiger partial charge in [0.2, 0.25) is 5.88 Å². The molecular formula is C27H26FN5O3. The number of aromatic amines is 1. The number of allylic oxidation sites excluding steroid dienone is 1. The molecule has 0 amide bonds. The lowest BCUT2D eigenvalue weighted by molar-refractivity contribution is 0.0661. The van der Waals surface area contributed by atoms with Gasteiger partial charge in [0.1, 0.15) is 23.8 Å². The number of rotatable bonds is 7. The van der Waals surface area contributed by atoms with Crippen LogP contribution >= 0.6 is 0 Å². The number of ether oxygens (including phenoxy) is 2. The van der Waals surface area contributed by atoms with Crippen molar-refractivity contribution in [1.29, 1.82) is 0 Å². The standard InChI is InChI=1S/C27H26FN5O3/c1-16-20-9-18(34)5-6-24(20)36-27(26(16)19-3-2-4-22-21(19)11-31-32-22)23-12-30-25(13-29-23)35-8-7-33-14-17(10-28)15-33/h2-6,9,11-13,17,27,34H,7-8,10,14-15H2,1H3,(H,31,32). The van der Waals surface area contributed by atoms with E-state index in [-0.39, 0.29) is 18.3 Å². The van der Waals surface area contributed by atoms with Crippen LogP contribution in [0.2, 0.25) is 0 Å². The van der Waals surface area contributed by atoms with Crippen LogP contribution < -0.4 is 9.47 Å². The summed E-state index contributed by atoms with van der Waals surface area (Å²) in [6, 6.07) is 11.1. The minimum Gasteiger partial charge on any atom is -0.508 e. The first kappa shape index (κ1) is 22.5. The molecule has 4 heterocycles. The summed E-state index contributed by atoms with van der Waals surface area (Å²) in [6.45, 7) is 4.52. The predicted molar refractivity (Wildman–Crippen MR) is 133 cm³/mol. The minimum absolute atomic E-state index is 0.160. The molecule has 1 unspecified atom stereocenters. The molecular weight excluding hydrogens is 461 g/mol. The van der Waals surface area contributed by atoms with E-state index in [1.165, 1.54) is 0 Å². The van der Waals surface area contributed by atoms with Crippen LogP contribution in [0.15, 0.2) is 55.0 Å². The minimum atomic E-state index is -0.511. The topological polar surface area (TPSA) is 96.4 Å². The van der Waals surface area contributed by atoms with Crippen molar-refractivity contribution in [3.05, 3.63) is 71.8 Å². The molecule has 36 heavy (non-hydrogen) atoms. The van der Waals surface area contributed by atoms with E-state index >= 15 is 0 Å². The van der Waals surface area contributed by atoms with Gasteiger partial charge in [0.25, 0.3) is 0 Å². The van der Waals surface area contributed by atoms with Crippen molar-refractivity contribution in [2.45, 2.75) is 13.0 Å². The predicted octanol–water partition coefficient (Wildman–Crippen LogP) is 4.40. The molecule has 9 heteroatoms. The maximum atomic E-state index is 12.6. The summed E-state index contributed by atoms with van der Waals surface area (Å²) < 4.78 is 24.8. The van der Waals surface area contributed by atoms with E-state index in [0.717, 1.165) is 52.8 Å². The van der Waals surface area contributed by atoms with Crippen molar-refractivity contribution in [2.24, 2.45) is 5.92 Å². The van der Waals surface area contributed by atoms with Crippen molar-refractivity contribution in [2.75, 3.05) is 32.9 Å². The number of fused-ring (bicyclic) bond motifs is 2. The van der Waals surface area contributed by atoms with Gasteiger partial charge in [0.15, 0.2) is 6.10 Å². The molecule has 0 aliphatic carbocycles. The Morgan fingerprint density at radius 3 is 2.83 bits per heavy atom. The highest BCUT2D eigenvalue weighted by atomic mass is 19.1. The van der Waals surface area contributed by atoms with Crippen molar-refractivity contribution >= 4 is 22.0 Å². The Kier molecular flexibility index (Phi) is 5.77. The molecule has 184 valence electrons. The summed E-state index contributed by atoms with van der Waals surface area (Å²) in [5, 5.41) is 18.3. The van der Waals surface area contributed by atoms with Gasteiger partial charge < -0.3 is 14.6 Å². The van der Waals surface area contributed by atoms with Gasteiger partial charge in [0, 0.05) is 42.1 Å². The smallest absolute Gasteiger partial charge is 0.232 e. The monoisotopic (exact) mass is 487 g/mol. The Morgan fingerprint density at radius 1 is 1.14 bits per heavy atom. The van der Waals surface area contributed by atoms with Crippen LogP contribution in [0.25, 0.3) is 22.0 Å². The average molecular weight is 488 g/mol. The highest BCUT2D eigenvalue weighted by Gasteiger charge is 2.32. The Bertz CT molecular complexity index is 1430. The van der Waals surface area contributed by atoms with Gasteiger partial charge in [-0.2, -0.15) is 5.10 Å². The molecule has 2 aromatic heterocycles. The zero-order chi connectivity index (χ0) is 24.6. The van der Waals surface area contributed by atoms with Crippen LogP contribution in [0, 0.1) is 5.92 Å². The molecule has 0 bridgehead atoms. The summed E-state index contributed by atoms with van der Waals surface area (Å²) in [4.78, 5) is 11.3. The fraction of sp³-hybridized carbons (Fsp3) is 0.296. The molecule has 0 spiro atoms. The van der Waals surface area contributed by atoms with Gasteiger partial charge in [-0.25, -0.2) is 9.97 Å². The Labute approximate surface area is 207 Å². The van der Waals surface area contributed by atoms with Crippen molar-refractivity contribution in [1.82, 2.24) is 25.1 Å². The molecule has 1 fully saturated rings. The Hall–Kier alpha value is -3.98. The zero-order valence-electron chi connectivity index (χ0n) is 19.8. The van der Waals surface area contributed by atoms with Gasteiger partial charge >= 0.3 is 0 Å². The third kappa shape index (κ3) is 4.05. The maximum absolute atomic E-state index is 12.6. The number of nitrogens with one attached hydrogen (secondary N) is 1. The van der Waals surface area contributed by atoms with E-state index < -0.39 is 6.10 Å². The maximum Gasteiger partial charge on any atom is 0.232 e. The van der Waals surface area contributed by atoms with E-state index in [0.29, 0.717) is 23.9 Å². The van der Waals surface area contributed by atoms with Crippen LogP contribution in [-0.4, -0.2) is 63.1 Å². The first-order valence-electron chi connectivity index (χ1n) is 12.0. The van der Waals surface area contributed by atoms with Crippen molar-refractivity contribution in [3.8, 4) is 17.4 Å². The van der Waals surface area contributed by atoms with E-state index in [1.54, 1.807) is 36.8 Å². The number of phenols is 1. The van der Waals surface area contributed by atoms with E-state index in [9.17, 15) is 9.50 Å². The van der Waals surface area contributed by atoms with E-state index in [4.69, 9.17) is 9.47 Å². The molecule has 6 rings (SSSR count). The lowest BCUT2D eigenvalue weighted by Crippen LogP contribution is -2.49. The quantitative estimate of drug-likeness (QED) is 0.399. The molecule has 0 radical (unpaired) electrons. The molecule has 1 saturated heterocycles. The van der Waals surface area contributed by atoms with Crippen molar-refractivity contribution < 1.29 is 19.0 Å². The number of aromatic hydroxyl groups is 1. The molecule has 8 nitrogen and oxygen atoms in total. The number of nitrogens with zero attached hydrogens (tertiary/aromatic N) is 4. The van der Waals surface area contributed by atoms with E-state index in [1.807, 2.05) is 25.1 Å². The van der Waals surface area contributed by atoms with Crippen LogP contribution in [0.4, 0.5) is 4.39 Å². The second kappa shape index (κ2) is 9.23. The highest BCUT2D eigenvalue weighted by Crippen LogP contribution is 2.48. The number of H-pyrrole nitrogens is 1. The van der Waals surface area contributed by atoms with Crippen LogP contribution in [0.1, 0.15) is 29.8 Å². The third-order valence-electron chi connectivity index (χ3n) is 6.88. The molecule has 2 aliphatic rings. The normalized spacial score (nSPS) is 18.1. The summed E-state index contributed by atoms with van der Waals surface area (Å²) in [6.07, 6.45) is 4.58. The third-order valence-corrected chi connectivity index (χ3v) is 6.88. The number of alkyl halides is 1. The molecule has 0 saturated carbocycles. The van der Waals surface area contributed by atoms with Crippen LogP contribution in [0.3, 0.4) is 0 Å². The summed E-state index contributed by atoms with van der Waals surface area (Å²) in [5.41, 5.74) is 5.28. The number of phenolic OH excluding ortho intramolecular Hbond substituents is 1. The van der Waals surface area contributed by atoms with Gasteiger partial charge in [-0.3, -0.25) is 14.4 Å². The van der Waals surface area contributed by atoms with E-state index in [2.05, 4.69) is 25.1 Å². The number of hydrogen-bond donors (Lipinski definition) is 2. The fourth-order valence-electron chi connectivity index (χ4n) is 4.97. The van der Waals surface area contributed by atoms with Gasteiger partial charge in [0.05, 0.1) is 30.8 Å². The molecule has 4 aromatic rings. The number of likely N-dealkylation sites (tertiary alicyclic amines) is 1. The Morgan fingerprint density at radius 2 is 2.03 bits per heavy atom. The summed E-state index contributed by atoms with van der Waals surface area (Å²) >= 11 is 0. The zero-order valence-corrected chi connectivity index (χ0v) is 19.8. The molecule has 2 aliphatic heterocycles. The molecule has 1 atom stereocenters. The number of aromatic nitrogens is 4. The highest BCUT2D eigenvalue weighted by molar-refractivity contribution is 6.02. The largest absolute Gasteiger partial charge is 0.508 e. The van der Waals surface area contributed by atoms with Crippen LogP contribution in [0.5, 0.6) is 17.4 Å². The lowest BCUT2D eigenvalue weighted by Gasteiger charge is -2.37. The second-order valence-electron chi connectivity index (χ2n) is 9.26. The van der Waals surface area contributed by atoms with Gasteiger partial charge in [-0.15, -0.1) is 0 Å². The van der Waals surface area contributed by atoms with Crippen molar-refractivity contribution in [3.63, 3.8) is 0 Å². The SMILES string of the molecule is CC1=C(c2cccc3[nH]ncc23)C(c2cnc(OCCN3CC(CF)C3)cn2)Oc2ccc(O)cc21. The average Bonchev–Trinajstić information content (AvgIpc) is 3.35. The fourth-order valence-corrected chi connectivity index (χ4v) is 4.97. The van der Waals surface area contributed by atoms with Crippen LogP contribution in [-0.2, 0) is 0 Å². The first-order valence-corrected chi connectivity index (χ1v) is 12.0. The second-order valence-corrected chi connectivity index (χ2v) is 9.26. The number of benzene rings is 2. The lowest BCUT2D eigenvalue weighted by atomic mass is 9.86. The van der Waals surface area contributed by atoms with Gasteiger partial charge in [-0.05, 0) is 42.3 Å². The first-order chi connectivity index (χ1) is 17.6. The van der Waals surface area contributed by atoms with Gasteiger partial charge in [-0.1, -0.05) is 12.1 Å². The molecule has 2 N–H and O–H groups in total. The summed E-state index contributed by atoms with van der Waals surface area (Å²) in [5.74, 6) is 1.44. The number of hydrogen-bond acceptors (Lipinski definition) is 7. The summed E-state index contributed by atoms with van der Waals surface area (Å²) in [7, 11) is 0. The Balaban J connectivity index is 1.30. The number of halogens is 1. The molecule has 2 aromatic carbocycles.